The second-order valence-corrected chi connectivity index (χ2v) is 15.5. The van der Waals surface area contributed by atoms with E-state index in [1.165, 1.54) is 91.7 Å². The molecule has 0 radical (unpaired) electrons. The highest BCUT2D eigenvalue weighted by atomic mass is 32.1. The first-order chi connectivity index (χ1) is 26.2. The average molecular weight is 705 g/mol. The summed E-state index contributed by atoms with van der Waals surface area (Å²) in [6, 6.07) is 64.6. The van der Waals surface area contributed by atoms with Gasteiger partial charge in [-0.1, -0.05) is 129 Å². The SMILES string of the molecule is CC(c1ccc(N(c2ccccc2)c2ccc(C3CCCCC3)cc2)cc1)c1ccc(N(c2ccccc2)c2cccc3c2sc2ccccc23)cc1. The van der Waals surface area contributed by atoms with E-state index in [1.54, 1.807) is 0 Å². The van der Waals surface area contributed by atoms with Gasteiger partial charge in [0.2, 0.25) is 0 Å². The van der Waals surface area contributed by atoms with Gasteiger partial charge in [0.15, 0.2) is 0 Å². The molecule has 1 heterocycles. The number of nitrogens with zero attached hydrogens (tertiary/aromatic N) is 2. The Morgan fingerprint density at radius 2 is 0.943 bits per heavy atom. The number of benzene rings is 7. The van der Waals surface area contributed by atoms with E-state index in [9.17, 15) is 0 Å². The van der Waals surface area contributed by atoms with Crippen LogP contribution in [0.25, 0.3) is 20.2 Å². The summed E-state index contributed by atoms with van der Waals surface area (Å²) < 4.78 is 2.62. The molecule has 53 heavy (non-hydrogen) atoms. The van der Waals surface area contributed by atoms with E-state index in [1.807, 2.05) is 11.3 Å². The smallest absolute Gasteiger partial charge is 0.0640 e. The van der Waals surface area contributed by atoms with Gasteiger partial charge in [0.05, 0.1) is 10.4 Å². The fraction of sp³-hybridized carbons (Fsp3) is 0.160. The zero-order chi connectivity index (χ0) is 35.6. The number of hydrogen-bond acceptors (Lipinski definition) is 3. The van der Waals surface area contributed by atoms with Gasteiger partial charge in [-0.05, 0) is 108 Å². The summed E-state index contributed by atoms with van der Waals surface area (Å²) >= 11 is 1.87. The molecule has 0 bridgehead atoms. The molecule has 0 saturated heterocycles. The fourth-order valence-corrected chi connectivity index (χ4v) is 9.49. The minimum Gasteiger partial charge on any atom is -0.311 e. The molecule has 1 atom stereocenters. The summed E-state index contributed by atoms with van der Waals surface area (Å²) in [6.45, 7) is 2.32. The van der Waals surface area contributed by atoms with Crippen molar-refractivity contribution in [3.63, 3.8) is 0 Å². The lowest BCUT2D eigenvalue weighted by Gasteiger charge is -2.27. The third kappa shape index (κ3) is 6.62. The van der Waals surface area contributed by atoms with Crippen molar-refractivity contribution in [2.45, 2.75) is 50.9 Å². The van der Waals surface area contributed by atoms with Gasteiger partial charge >= 0.3 is 0 Å². The van der Waals surface area contributed by atoms with Gasteiger partial charge in [0.1, 0.15) is 0 Å². The molecular formula is C50H44N2S. The maximum Gasteiger partial charge on any atom is 0.0640 e. The predicted octanol–water partition coefficient (Wildman–Crippen LogP) is 15.2. The molecule has 1 aliphatic rings. The molecule has 1 aliphatic carbocycles. The maximum atomic E-state index is 2.40. The Kier molecular flexibility index (Phi) is 9.26. The third-order valence-electron chi connectivity index (χ3n) is 11.2. The minimum absolute atomic E-state index is 0.245. The Hall–Kier alpha value is -5.64. The van der Waals surface area contributed by atoms with E-state index in [0.29, 0.717) is 5.92 Å². The van der Waals surface area contributed by atoms with Crippen LogP contribution in [0.15, 0.2) is 176 Å². The summed E-state index contributed by atoms with van der Waals surface area (Å²) in [6.07, 6.45) is 6.73. The highest BCUT2D eigenvalue weighted by Crippen LogP contribution is 2.45. The van der Waals surface area contributed by atoms with E-state index >= 15 is 0 Å². The topological polar surface area (TPSA) is 6.48 Å². The van der Waals surface area contributed by atoms with Crippen molar-refractivity contribution in [1.82, 2.24) is 0 Å². The Balaban J connectivity index is 1.01. The molecule has 1 fully saturated rings. The molecule has 0 amide bonds. The van der Waals surface area contributed by atoms with Gasteiger partial charge in [-0.3, -0.25) is 0 Å². The van der Waals surface area contributed by atoms with Crippen molar-refractivity contribution >= 4 is 65.6 Å². The Labute approximate surface area is 317 Å². The lowest BCUT2D eigenvalue weighted by molar-refractivity contribution is 0.443. The van der Waals surface area contributed by atoms with E-state index in [0.717, 1.165) is 11.4 Å². The van der Waals surface area contributed by atoms with E-state index in [-0.39, 0.29) is 5.92 Å². The van der Waals surface area contributed by atoms with Gasteiger partial charge in [-0.2, -0.15) is 0 Å². The van der Waals surface area contributed by atoms with Gasteiger partial charge in [0.25, 0.3) is 0 Å². The lowest BCUT2D eigenvalue weighted by atomic mass is 9.84. The number of para-hydroxylation sites is 2. The standard InChI is InChI=1S/C50H44N2S/c1-36(37-24-30-43(31-25-37)51(41-16-7-3-8-17-41)44-34-28-40(29-35-44)39-14-5-2-6-15-39)38-26-32-45(33-27-38)52(42-18-9-4-10-19-42)48-22-13-21-47-46-20-11-12-23-49(46)53-50(47)48/h3-4,7-13,16-36,39H,2,5-6,14-15H2,1H3. The van der Waals surface area contributed by atoms with E-state index in [4.69, 9.17) is 0 Å². The van der Waals surface area contributed by atoms with Crippen molar-refractivity contribution in [1.29, 1.82) is 0 Å². The number of hydrogen-bond donors (Lipinski definition) is 0. The first-order valence-electron chi connectivity index (χ1n) is 19.1. The zero-order valence-electron chi connectivity index (χ0n) is 30.2. The Bertz CT molecular complexity index is 2430. The fourth-order valence-electron chi connectivity index (χ4n) is 8.29. The van der Waals surface area contributed by atoms with Crippen LogP contribution in [-0.4, -0.2) is 0 Å². The summed E-state index contributed by atoms with van der Waals surface area (Å²) in [5, 5.41) is 2.62. The van der Waals surface area contributed by atoms with Crippen molar-refractivity contribution in [3.05, 3.63) is 193 Å². The second kappa shape index (κ2) is 14.8. The quantitative estimate of drug-likeness (QED) is 0.148. The second-order valence-electron chi connectivity index (χ2n) is 14.4. The highest BCUT2D eigenvalue weighted by molar-refractivity contribution is 7.26. The molecule has 1 saturated carbocycles. The molecule has 260 valence electrons. The average Bonchev–Trinajstić information content (AvgIpc) is 3.62. The highest BCUT2D eigenvalue weighted by Gasteiger charge is 2.20. The molecule has 9 rings (SSSR count). The lowest BCUT2D eigenvalue weighted by Crippen LogP contribution is -2.11. The molecule has 7 aromatic carbocycles. The summed E-state index contributed by atoms with van der Waals surface area (Å²) in [4.78, 5) is 4.78. The van der Waals surface area contributed by atoms with Crippen molar-refractivity contribution in [2.24, 2.45) is 0 Å². The van der Waals surface area contributed by atoms with Crippen LogP contribution in [0, 0.1) is 0 Å². The Morgan fingerprint density at radius 1 is 0.453 bits per heavy atom. The van der Waals surface area contributed by atoms with Crippen molar-refractivity contribution in [2.75, 3.05) is 9.80 Å². The number of rotatable bonds is 9. The van der Waals surface area contributed by atoms with Gasteiger partial charge in [-0.25, -0.2) is 0 Å². The summed E-state index contributed by atoms with van der Waals surface area (Å²) in [7, 11) is 0. The van der Waals surface area contributed by atoms with Crippen LogP contribution in [0.3, 0.4) is 0 Å². The molecular weight excluding hydrogens is 661 g/mol. The summed E-state index contributed by atoms with van der Waals surface area (Å²) in [5.74, 6) is 0.949. The van der Waals surface area contributed by atoms with Gasteiger partial charge in [-0.15, -0.1) is 11.3 Å². The zero-order valence-corrected chi connectivity index (χ0v) is 31.1. The van der Waals surface area contributed by atoms with E-state index < -0.39 is 0 Å². The molecule has 0 N–H and O–H groups in total. The predicted molar refractivity (Wildman–Crippen MR) is 228 cm³/mol. The maximum absolute atomic E-state index is 2.40. The van der Waals surface area contributed by atoms with Gasteiger partial charge in [0, 0.05) is 49.8 Å². The molecule has 3 heteroatoms. The van der Waals surface area contributed by atoms with Gasteiger partial charge < -0.3 is 9.80 Å². The van der Waals surface area contributed by atoms with Crippen molar-refractivity contribution < 1.29 is 0 Å². The molecule has 2 nitrogen and oxygen atoms in total. The van der Waals surface area contributed by atoms with Crippen LogP contribution in [-0.2, 0) is 0 Å². The minimum atomic E-state index is 0.245. The van der Waals surface area contributed by atoms with Crippen LogP contribution >= 0.6 is 11.3 Å². The number of anilines is 6. The molecule has 1 unspecified atom stereocenters. The largest absolute Gasteiger partial charge is 0.311 e. The number of thiophene rings is 1. The number of fused-ring (bicyclic) bond motifs is 3. The summed E-state index contributed by atoms with van der Waals surface area (Å²) in [5.41, 5.74) is 11.1. The monoisotopic (exact) mass is 704 g/mol. The molecule has 0 spiro atoms. The van der Waals surface area contributed by atoms with Crippen LogP contribution in [0.1, 0.15) is 67.6 Å². The molecule has 1 aromatic heterocycles. The van der Waals surface area contributed by atoms with Crippen LogP contribution in [0.4, 0.5) is 34.1 Å². The van der Waals surface area contributed by atoms with Crippen LogP contribution in [0.2, 0.25) is 0 Å². The Morgan fingerprint density at radius 3 is 1.57 bits per heavy atom. The molecule has 8 aromatic rings. The molecule has 0 aliphatic heterocycles. The first kappa shape index (κ1) is 33.2. The third-order valence-corrected chi connectivity index (χ3v) is 12.4. The van der Waals surface area contributed by atoms with Crippen molar-refractivity contribution in [3.8, 4) is 0 Å². The van der Waals surface area contributed by atoms with Crippen LogP contribution in [0.5, 0.6) is 0 Å². The first-order valence-corrected chi connectivity index (χ1v) is 19.9. The van der Waals surface area contributed by atoms with E-state index in [2.05, 4.69) is 193 Å². The van der Waals surface area contributed by atoms with Crippen LogP contribution < -0.4 is 9.80 Å². The normalized spacial score (nSPS) is 14.0.